The molecule has 0 atom stereocenters. The van der Waals surface area contributed by atoms with Gasteiger partial charge in [-0.1, -0.05) is 23.7 Å². The molecule has 1 aromatic rings. The molecule has 2 fully saturated rings. The predicted molar refractivity (Wildman–Crippen MR) is 117 cm³/mol. The molecule has 6 heteroatoms. The highest BCUT2D eigenvalue weighted by Crippen LogP contribution is 2.30. The summed E-state index contributed by atoms with van der Waals surface area (Å²) in [4.78, 5) is 11.1. The van der Waals surface area contributed by atoms with Gasteiger partial charge in [-0.15, -0.1) is 0 Å². The van der Waals surface area contributed by atoms with Crippen molar-refractivity contribution in [2.75, 3.05) is 51.4 Å². The molecule has 0 spiro atoms. The van der Waals surface area contributed by atoms with Crippen molar-refractivity contribution in [2.24, 2.45) is 5.89 Å². The van der Waals surface area contributed by atoms with Gasteiger partial charge in [-0.05, 0) is 62.8 Å². The number of carbonyl (C=O) groups is 1. The van der Waals surface area contributed by atoms with Gasteiger partial charge in [0.2, 0.25) is 0 Å². The van der Waals surface area contributed by atoms with E-state index in [2.05, 4.69) is 0 Å². The topological polar surface area (TPSA) is 38.8 Å². The van der Waals surface area contributed by atoms with E-state index in [1.54, 1.807) is 0 Å². The second kappa shape index (κ2) is 9.84. The molecule has 0 radical (unpaired) electrons. The maximum Gasteiger partial charge on any atom is 0.317 e. The Morgan fingerprint density at radius 1 is 1.43 bits per heavy atom. The van der Waals surface area contributed by atoms with Crippen LogP contribution >= 0.6 is 11.6 Å². The zero-order valence-corrected chi connectivity index (χ0v) is 15.3. The van der Waals surface area contributed by atoms with Crippen molar-refractivity contribution in [3.05, 3.63) is 28.7 Å². The molecule has 0 bridgehead atoms. The summed E-state index contributed by atoms with van der Waals surface area (Å²) in [7, 11) is 0.453. The van der Waals surface area contributed by atoms with Crippen LogP contribution in [0, 0.1) is 12.8 Å². The molecular formula is C22H35ClN4O. The van der Waals surface area contributed by atoms with E-state index in [1.165, 1.54) is 0 Å². The van der Waals surface area contributed by atoms with E-state index in [1.807, 2.05) is 0 Å². The van der Waals surface area contributed by atoms with Crippen molar-refractivity contribution in [1.29, 1.82) is 0 Å². The van der Waals surface area contributed by atoms with Crippen molar-refractivity contribution in [1.82, 2.24) is 15.1 Å². The summed E-state index contributed by atoms with van der Waals surface area (Å²) in [5.74, 6) is -5.12. The molecule has 2 amide bonds. The smallest absolute Gasteiger partial charge is 0.317 e. The first-order valence-corrected chi connectivity index (χ1v) is 7.95. The van der Waals surface area contributed by atoms with E-state index in [9.17, 15) is 4.79 Å². The molecular weight excluding hydrogens is 372 g/mol. The Kier molecular flexibility index (Phi) is 1.84. The standard InChI is InChI=1S/C22H35ClN4O/c1-17-5-4-6-20(21(17)23)27-15-13-26(14-16-27)12-11-18-7-9-19(10-8-18)24-22(28)25(2)3/h4-6,18-19H,7-16H2,1-3H3,(H,24,28)/t18-,19-/i2D3,4D,5D,6D,7D2,8D2,9D2,10D2,11D2,12D2,13D2,14D2,15D2,16D2,18D,19D/hD. The average Bonchev–Trinajstić information content (AvgIpc) is 3.03. The fraction of sp³-hybridized carbons (Fsp3) is 0.682. The number of urea groups is 1. The Morgan fingerprint density at radius 3 is 2.82 bits per heavy atom. The molecule has 5 nitrogen and oxygen atoms in total. The van der Waals surface area contributed by atoms with Gasteiger partial charge in [0.05, 0.1) is 21.7 Å². The fourth-order valence-electron chi connectivity index (χ4n) is 1.76. The molecule has 1 aromatic carbocycles. The molecule has 1 aliphatic carbocycles. The highest BCUT2D eigenvalue weighted by Gasteiger charge is 2.24. The number of piperazine rings is 1. The molecule has 1 heterocycles. The maximum absolute atomic E-state index is 13.0. The summed E-state index contributed by atoms with van der Waals surface area (Å²) in [5, 5.41) is -1.99. The average molecular weight is 436 g/mol. The van der Waals surface area contributed by atoms with Gasteiger partial charge in [-0.3, -0.25) is 4.90 Å². The maximum atomic E-state index is 13.0. The Hall–Kier alpha value is -1.46. The molecule has 1 saturated heterocycles. The van der Waals surface area contributed by atoms with Crippen molar-refractivity contribution >= 4 is 23.3 Å². The first-order chi connectivity index (χ1) is 24.6. The number of halogens is 1. The third-order valence-corrected chi connectivity index (χ3v) is 3.60. The lowest BCUT2D eigenvalue weighted by molar-refractivity contribution is 0.194. The second-order valence-corrected chi connectivity index (χ2v) is 5.57. The van der Waals surface area contributed by atoms with E-state index in [0.717, 1.165) is 6.92 Å². The van der Waals surface area contributed by atoms with Crippen LogP contribution < -0.4 is 10.2 Å². The van der Waals surface area contributed by atoms with Gasteiger partial charge >= 0.3 is 6.03 Å². The lowest BCUT2D eigenvalue weighted by Crippen LogP contribution is -2.47. The Bertz CT molecular complexity index is 1740. The number of nitrogens with one attached hydrogen (secondary N) is 1. The van der Waals surface area contributed by atoms with Gasteiger partial charge in [0.15, 0.2) is 1.41 Å². The number of carbonyl (C=O) groups excluding carboxylic acids is 1. The number of rotatable bonds is 5. The number of amides is 2. The quantitative estimate of drug-likeness (QED) is 0.759. The lowest BCUT2D eigenvalue weighted by Gasteiger charge is -2.37. The summed E-state index contributed by atoms with van der Waals surface area (Å²) in [6.45, 7) is -25.2. The van der Waals surface area contributed by atoms with E-state index in [0.29, 0.717) is 7.05 Å². The van der Waals surface area contributed by atoms with Crippen LogP contribution in [-0.2, 0) is 0 Å². The minimum atomic E-state index is -5.16. The number of hydrogen-bond donors (Lipinski definition) is 1. The van der Waals surface area contributed by atoms with Crippen molar-refractivity contribution in [3.8, 4) is 0 Å². The van der Waals surface area contributed by atoms with E-state index < -0.39 is 139 Å². The van der Waals surface area contributed by atoms with Crippen molar-refractivity contribution in [2.45, 2.75) is 44.8 Å². The SMILES string of the molecule is [2H]c1c([2H])c(C)c(Cl)c(N2C([2H])([2H])C([2H])([2H])N(C([2H])([2H])C([2H])([2H])[C@]3([2H])C([2H])([2H])C([2H])([2H])[C@@]([2H])(N([2H])C(=O)N(C)C([2H])([2H])[2H])C([2H])([2H])C3([2H])[2H])C([2H])([2H])C2([2H])[2H])c1[2H]. The monoisotopic (exact) mass is 435 g/mol. The zero-order chi connectivity index (χ0) is 45.9. The van der Waals surface area contributed by atoms with Crippen LogP contribution in [0.4, 0.5) is 10.5 Å². The van der Waals surface area contributed by atoms with Crippen LogP contribution in [0.15, 0.2) is 18.1 Å². The van der Waals surface area contributed by atoms with Crippen LogP contribution in [0.3, 0.4) is 0 Å². The predicted octanol–water partition coefficient (Wildman–Crippen LogP) is 3.99. The minimum Gasteiger partial charge on any atom is -0.368 e. The van der Waals surface area contributed by atoms with Gasteiger partial charge in [-0.2, -0.15) is 0 Å². The van der Waals surface area contributed by atoms with E-state index in [-0.39, 0.29) is 4.90 Å². The highest BCUT2D eigenvalue weighted by molar-refractivity contribution is 6.34. The summed E-state index contributed by atoms with van der Waals surface area (Å²) >= 11 is 6.24. The fourth-order valence-corrected chi connectivity index (χ4v) is 1.93. The molecule has 156 valence electrons. The number of nitrogens with zero attached hydrogens (tertiary/aromatic N) is 3. The highest BCUT2D eigenvalue weighted by atomic mass is 35.5. The lowest BCUT2D eigenvalue weighted by atomic mass is 9.84. The largest absolute Gasteiger partial charge is 0.368 e. The number of anilines is 1. The third-order valence-electron chi connectivity index (χ3n) is 3.14. The first kappa shape index (κ1) is 5.23. The summed E-state index contributed by atoms with van der Waals surface area (Å²) < 4.78 is 247. The van der Waals surface area contributed by atoms with Crippen LogP contribution in [0.25, 0.3) is 0 Å². The molecule has 1 saturated carbocycles. The normalized spacial score (nSPS) is 59.8. The first-order valence-electron chi connectivity index (χ1n) is 22.0. The summed E-state index contributed by atoms with van der Waals surface area (Å²) in [6, 6.07) is -9.97. The van der Waals surface area contributed by atoms with Gasteiger partial charge in [-0.25, -0.2) is 4.79 Å². The van der Waals surface area contributed by atoms with E-state index in [4.69, 9.17) is 51.4 Å². The van der Waals surface area contributed by atoms with Crippen LogP contribution in [-0.4, -0.2) is 68.4 Å². The van der Waals surface area contributed by atoms with E-state index >= 15 is 0 Å². The second-order valence-electron chi connectivity index (χ2n) is 5.19. The number of hydrogen-bond acceptors (Lipinski definition) is 3. The molecule has 3 rings (SSSR count). The Balaban J connectivity index is 2.47. The van der Waals surface area contributed by atoms with Crippen LogP contribution in [0.1, 0.15) is 75.8 Å². The number of benzene rings is 1. The third kappa shape index (κ3) is 5.54. The van der Waals surface area contributed by atoms with Gasteiger partial charge in [0.25, 0.3) is 0 Å². The van der Waals surface area contributed by atoms with Crippen LogP contribution in [0.5, 0.6) is 0 Å². The molecule has 28 heavy (non-hydrogen) atoms. The van der Waals surface area contributed by atoms with Crippen molar-refractivity contribution in [3.63, 3.8) is 0 Å². The zero-order valence-electron chi connectivity index (χ0n) is 43.6. The van der Waals surface area contributed by atoms with Gasteiger partial charge in [0.1, 0.15) is 0 Å². The summed E-state index contributed by atoms with van der Waals surface area (Å²) in [6.07, 6.45) is -24.7. The summed E-state index contributed by atoms with van der Waals surface area (Å²) in [5.41, 5.74) is -1.66. The van der Waals surface area contributed by atoms with Gasteiger partial charge in [0, 0.05) is 73.4 Å². The molecule has 0 aromatic heterocycles. The molecule has 2 aliphatic rings. The Labute approximate surface area is 215 Å². The molecule has 1 aliphatic heterocycles. The van der Waals surface area contributed by atoms with Gasteiger partial charge < -0.3 is 15.1 Å². The van der Waals surface area contributed by atoms with Crippen molar-refractivity contribution < 1.29 is 44.6 Å². The molecule has 1 N–H and O–H groups in total. The minimum absolute atomic E-state index is 0.329. The Morgan fingerprint density at radius 2 is 2.14 bits per heavy atom. The van der Waals surface area contributed by atoms with Crippen LogP contribution in [0.2, 0.25) is 6.43 Å². The molecule has 0 unspecified atom stereocenters.